The molecule has 1 aliphatic heterocycles. The van der Waals surface area contributed by atoms with Crippen LogP contribution in [0.15, 0.2) is 0 Å². The molecule has 0 saturated carbocycles. The quantitative estimate of drug-likeness (QED) is 0.679. The van der Waals surface area contributed by atoms with E-state index in [-0.39, 0.29) is 23.8 Å². The van der Waals surface area contributed by atoms with E-state index in [1.165, 1.54) is 0 Å². The third kappa shape index (κ3) is 4.20. The standard InChI is InChI=1S/C15H28N2O3/c1-5-7-8-16(6-2)15(19)13-9-14(18)17(10-13)12(3)11-20-4/h12-13H,5-11H2,1-4H3/t12-,13+/m1/s1. The van der Waals surface area contributed by atoms with Crippen molar-refractivity contribution in [2.45, 2.75) is 46.1 Å². The molecule has 0 aromatic carbocycles. The summed E-state index contributed by atoms with van der Waals surface area (Å²) in [5.41, 5.74) is 0. The molecule has 116 valence electrons. The summed E-state index contributed by atoms with van der Waals surface area (Å²) in [6.07, 6.45) is 2.43. The molecule has 2 atom stereocenters. The first kappa shape index (κ1) is 17.0. The zero-order chi connectivity index (χ0) is 15.1. The van der Waals surface area contributed by atoms with E-state index in [0.29, 0.717) is 19.6 Å². The highest BCUT2D eigenvalue weighted by Gasteiger charge is 2.37. The van der Waals surface area contributed by atoms with Crippen LogP contribution in [0.3, 0.4) is 0 Å². The largest absolute Gasteiger partial charge is 0.383 e. The molecule has 0 aromatic rings. The Kier molecular flexibility index (Phi) is 6.99. The van der Waals surface area contributed by atoms with Gasteiger partial charge in [0, 0.05) is 33.2 Å². The van der Waals surface area contributed by atoms with Crippen molar-refractivity contribution in [1.82, 2.24) is 9.80 Å². The number of carbonyl (C=O) groups excluding carboxylic acids is 2. The number of nitrogens with zero attached hydrogens (tertiary/aromatic N) is 2. The molecule has 5 heteroatoms. The fourth-order valence-electron chi connectivity index (χ4n) is 2.69. The average Bonchev–Trinajstić information content (AvgIpc) is 2.81. The van der Waals surface area contributed by atoms with Gasteiger partial charge in [-0.3, -0.25) is 9.59 Å². The van der Waals surface area contributed by atoms with Gasteiger partial charge in [0.2, 0.25) is 11.8 Å². The molecule has 0 bridgehead atoms. The Bertz CT molecular complexity index is 333. The smallest absolute Gasteiger partial charge is 0.227 e. The normalized spacial score (nSPS) is 20.3. The van der Waals surface area contributed by atoms with Gasteiger partial charge in [0.15, 0.2) is 0 Å². The maximum Gasteiger partial charge on any atom is 0.227 e. The summed E-state index contributed by atoms with van der Waals surface area (Å²) in [4.78, 5) is 28.2. The molecule has 1 rings (SSSR count). The van der Waals surface area contributed by atoms with Gasteiger partial charge in [-0.15, -0.1) is 0 Å². The number of hydrogen-bond acceptors (Lipinski definition) is 3. The number of carbonyl (C=O) groups is 2. The van der Waals surface area contributed by atoms with Crippen LogP contribution in [0.5, 0.6) is 0 Å². The second kappa shape index (κ2) is 8.25. The van der Waals surface area contributed by atoms with Crippen LogP contribution >= 0.6 is 0 Å². The molecule has 0 spiro atoms. The summed E-state index contributed by atoms with van der Waals surface area (Å²) in [6, 6.07) is 0.0380. The molecule has 20 heavy (non-hydrogen) atoms. The minimum absolute atomic E-state index is 0.0380. The highest BCUT2D eigenvalue weighted by Crippen LogP contribution is 2.22. The molecule has 1 heterocycles. The van der Waals surface area contributed by atoms with Crippen molar-refractivity contribution in [3.05, 3.63) is 0 Å². The number of unbranched alkanes of at least 4 members (excludes halogenated alkanes) is 1. The Morgan fingerprint density at radius 2 is 2.20 bits per heavy atom. The minimum Gasteiger partial charge on any atom is -0.383 e. The van der Waals surface area contributed by atoms with E-state index in [1.807, 2.05) is 18.7 Å². The van der Waals surface area contributed by atoms with Crippen molar-refractivity contribution in [2.75, 3.05) is 33.4 Å². The topological polar surface area (TPSA) is 49.9 Å². The SMILES string of the molecule is CCCCN(CC)C(=O)[C@H]1CC(=O)N([C@H](C)COC)C1. The van der Waals surface area contributed by atoms with E-state index in [1.54, 1.807) is 12.0 Å². The molecule has 1 fully saturated rings. The van der Waals surface area contributed by atoms with Crippen LogP contribution < -0.4 is 0 Å². The van der Waals surface area contributed by atoms with Crippen LogP contribution in [0, 0.1) is 5.92 Å². The molecule has 0 unspecified atom stereocenters. The summed E-state index contributed by atoms with van der Waals surface area (Å²) >= 11 is 0. The summed E-state index contributed by atoms with van der Waals surface area (Å²) in [6.45, 7) is 8.64. The number of amides is 2. The lowest BCUT2D eigenvalue weighted by molar-refractivity contribution is -0.135. The van der Waals surface area contributed by atoms with E-state index < -0.39 is 0 Å². The molecule has 2 amide bonds. The van der Waals surface area contributed by atoms with Gasteiger partial charge in [-0.05, 0) is 20.3 Å². The monoisotopic (exact) mass is 284 g/mol. The predicted molar refractivity (Wildman–Crippen MR) is 78.3 cm³/mol. The molecular weight excluding hydrogens is 256 g/mol. The van der Waals surface area contributed by atoms with Gasteiger partial charge < -0.3 is 14.5 Å². The van der Waals surface area contributed by atoms with Crippen molar-refractivity contribution in [1.29, 1.82) is 0 Å². The van der Waals surface area contributed by atoms with Crippen molar-refractivity contribution in [2.24, 2.45) is 5.92 Å². The van der Waals surface area contributed by atoms with Crippen molar-refractivity contribution < 1.29 is 14.3 Å². The maximum absolute atomic E-state index is 12.5. The first-order chi connectivity index (χ1) is 9.54. The van der Waals surface area contributed by atoms with Crippen LogP contribution in [0.25, 0.3) is 0 Å². The maximum atomic E-state index is 12.5. The van der Waals surface area contributed by atoms with Gasteiger partial charge in [0.05, 0.1) is 18.6 Å². The lowest BCUT2D eigenvalue weighted by Crippen LogP contribution is -2.40. The van der Waals surface area contributed by atoms with E-state index in [0.717, 1.165) is 25.9 Å². The second-order valence-electron chi connectivity index (χ2n) is 5.52. The number of rotatable bonds is 8. The first-order valence-electron chi connectivity index (χ1n) is 7.62. The first-order valence-corrected chi connectivity index (χ1v) is 7.62. The van der Waals surface area contributed by atoms with Gasteiger partial charge in [-0.2, -0.15) is 0 Å². The third-order valence-electron chi connectivity index (χ3n) is 3.92. The van der Waals surface area contributed by atoms with Gasteiger partial charge in [0.25, 0.3) is 0 Å². The summed E-state index contributed by atoms with van der Waals surface area (Å²) in [7, 11) is 1.63. The Labute approximate surface area is 122 Å². The number of hydrogen-bond donors (Lipinski definition) is 0. The number of methoxy groups -OCH3 is 1. The van der Waals surface area contributed by atoms with Gasteiger partial charge in [-0.25, -0.2) is 0 Å². The molecule has 0 aromatic heterocycles. The third-order valence-corrected chi connectivity index (χ3v) is 3.92. The Hall–Kier alpha value is -1.10. The van der Waals surface area contributed by atoms with E-state index >= 15 is 0 Å². The Balaban J connectivity index is 2.60. The molecule has 0 radical (unpaired) electrons. The van der Waals surface area contributed by atoms with E-state index in [9.17, 15) is 9.59 Å². The van der Waals surface area contributed by atoms with Crippen LogP contribution in [0.2, 0.25) is 0 Å². The van der Waals surface area contributed by atoms with Gasteiger partial charge >= 0.3 is 0 Å². The van der Waals surface area contributed by atoms with E-state index in [2.05, 4.69) is 6.92 Å². The van der Waals surface area contributed by atoms with Crippen molar-refractivity contribution in [3.63, 3.8) is 0 Å². The Morgan fingerprint density at radius 3 is 2.75 bits per heavy atom. The second-order valence-corrected chi connectivity index (χ2v) is 5.52. The lowest BCUT2D eigenvalue weighted by Gasteiger charge is -2.26. The predicted octanol–water partition coefficient (Wildman–Crippen LogP) is 1.52. The van der Waals surface area contributed by atoms with Crippen LogP contribution in [0.1, 0.15) is 40.0 Å². The van der Waals surface area contributed by atoms with Crippen LogP contribution in [-0.4, -0.2) is 61.0 Å². The molecular formula is C15H28N2O3. The fraction of sp³-hybridized carbons (Fsp3) is 0.867. The molecule has 5 nitrogen and oxygen atoms in total. The fourth-order valence-corrected chi connectivity index (χ4v) is 2.69. The average molecular weight is 284 g/mol. The highest BCUT2D eigenvalue weighted by atomic mass is 16.5. The van der Waals surface area contributed by atoms with Crippen LogP contribution in [-0.2, 0) is 14.3 Å². The highest BCUT2D eigenvalue weighted by molar-refractivity contribution is 5.89. The summed E-state index contributed by atoms with van der Waals surface area (Å²) in [5.74, 6) is 0.0134. The molecule has 1 saturated heterocycles. The number of likely N-dealkylation sites (tertiary alicyclic amines) is 1. The van der Waals surface area contributed by atoms with E-state index in [4.69, 9.17) is 4.74 Å². The zero-order valence-corrected chi connectivity index (χ0v) is 13.2. The zero-order valence-electron chi connectivity index (χ0n) is 13.2. The minimum atomic E-state index is -0.182. The number of ether oxygens (including phenoxy) is 1. The molecule has 0 N–H and O–H groups in total. The van der Waals surface area contributed by atoms with Crippen molar-refractivity contribution >= 4 is 11.8 Å². The van der Waals surface area contributed by atoms with Crippen LogP contribution in [0.4, 0.5) is 0 Å². The van der Waals surface area contributed by atoms with Crippen molar-refractivity contribution in [3.8, 4) is 0 Å². The summed E-state index contributed by atoms with van der Waals surface area (Å²) < 4.78 is 5.09. The molecule has 0 aliphatic carbocycles. The van der Waals surface area contributed by atoms with Gasteiger partial charge in [-0.1, -0.05) is 13.3 Å². The van der Waals surface area contributed by atoms with Gasteiger partial charge in [0.1, 0.15) is 0 Å². The summed E-state index contributed by atoms with van der Waals surface area (Å²) in [5, 5.41) is 0. The lowest BCUT2D eigenvalue weighted by atomic mass is 10.1. The molecule has 1 aliphatic rings. The Morgan fingerprint density at radius 1 is 1.50 bits per heavy atom.